The summed E-state index contributed by atoms with van der Waals surface area (Å²) in [5.74, 6) is -1.09. The van der Waals surface area contributed by atoms with Gasteiger partial charge < -0.3 is 9.84 Å². The molecule has 144 valence electrons. The highest BCUT2D eigenvalue weighted by Crippen LogP contribution is 2.70. The summed E-state index contributed by atoms with van der Waals surface area (Å²) < 4.78 is 5.55. The van der Waals surface area contributed by atoms with E-state index in [9.17, 15) is 19.2 Å². The number of hydrogen-bond donors (Lipinski definition) is 1. The fourth-order valence-corrected chi connectivity index (χ4v) is 7.89. The van der Waals surface area contributed by atoms with Gasteiger partial charge >= 0.3 is 0 Å². The zero-order chi connectivity index (χ0) is 19.5. The summed E-state index contributed by atoms with van der Waals surface area (Å²) in [6, 6.07) is 0. The molecule has 4 rings (SSSR count). The van der Waals surface area contributed by atoms with Gasteiger partial charge in [0, 0.05) is 23.6 Å². The number of hydrogen-bond acceptors (Lipinski definition) is 8. The predicted molar refractivity (Wildman–Crippen MR) is 107 cm³/mol. The predicted octanol–water partition coefficient (Wildman–Crippen LogP) is 0.110. The number of amides is 2. The fraction of sp³-hybridized carbons (Fsp3) is 0.500. The van der Waals surface area contributed by atoms with Gasteiger partial charge in [0.1, 0.15) is 0 Å². The van der Waals surface area contributed by atoms with E-state index in [1.807, 2.05) is 22.6 Å². The number of allylic oxidation sites excluding steroid dienone is 4. The number of nitrogens with zero attached hydrogens (tertiary/aromatic N) is 2. The molecule has 0 aromatic carbocycles. The highest BCUT2D eigenvalue weighted by Gasteiger charge is 2.81. The van der Waals surface area contributed by atoms with Crippen LogP contribution in [0.25, 0.3) is 0 Å². The largest absolute Gasteiger partial charge is 0.394 e. The number of thioether (sulfide) groups is 2. The van der Waals surface area contributed by atoms with E-state index >= 15 is 0 Å². The van der Waals surface area contributed by atoms with Crippen LogP contribution < -0.4 is 0 Å². The Bertz CT molecular complexity index is 843. The van der Waals surface area contributed by atoms with Crippen molar-refractivity contribution in [2.24, 2.45) is 5.41 Å². The third kappa shape index (κ3) is 2.65. The van der Waals surface area contributed by atoms with Gasteiger partial charge in [-0.2, -0.15) is 0 Å². The summed E-state index contributed by atoms with van der Waals surface area (Å²) in [6.07, 6.45) is 1.31. The highest BCUT2D eigenvalue weighted by molar-refractivity contribution is 14.1. The summed E-state index contributed by atoms with van der Waals surface area (Å²) >= 11 is 4.20. The second-order valence-corrected chi connectivity index (χ2v) is 9.85. The zero-order valence-electron chi connectivity index (χ0n) is 14.1. The number of ketones is 2. The van der Waals surface area contributed by atoms with Crippen molar-refractivity contribution in [1.82, 2.24) is 10.0 Å². The zero-order valence-corrected chi connectivity index (χ0v) is 17.9. The number of carbonyl (C=O) groups is 4. The molecule has 1 spiro atoms. The van der Waals surface area contributed by atoms with Crippen molar-refractivity contribution < 1.29 is 29.0 Å². The third-order valence-corrected chi connectivity index (χ3v) is 9.11. The van der Waals surface area contributed by atoms with Crippen LogP contribution in [0.4, 0.5) is 0 Å². The average molecular weight is 522 g/mol. The third-order valence-electron chi connectivity index (χ3n) is 4.95. The molecule has 3 unspecified atom stereocenters. The molecule has 2 heterocycles. The Hall–Kier alpha value is -0.890. The Balaban J connectivity index is 1.55. The Morgan fingerprint density at radius 2 is 1.81 bits per heavy atom. The number of rotatable bonds is 5. The molecule has 4 aliphatic rings. The van der Waals surface area contributed by atoms with E-state index in [2.05, 4.69) is 0 Å². The molecular formula is C16H15IN2O6S2. The molecule has 1 saturated heterocycles. The van der Waals surface area contributed by atoms with Gasteiger partial charge in [0.2, 0.25) is 5.78 Å². The summed E-state index contributed by atoms with van der Waals surface area (Å²) in [5.41, 5.74) is -1.23. The van der Waals surface area contributed by atoms with Gasteiger partial charge in [-0.15, -0.1) is 23.5 Å². The summed E-state index contributed by atoms with van der Waals surface area (Å²) in [6.45, 7) is 0.440. The molecule has 0 radical (unpaired) electrons. The molecule has 2 amide bonds. The van der Waals surface area contributed by atoms with Crippen molar-refractivity contribution in [3.63, 3.8) is 0 Å². The van der Waals surface area contributed by atoms with Crippen LogP contribution in [0, 0.1) is 5.41 Å². The molecule has 27 heavy (non-hydrogen) atoms. The molecule has 0 aromatic rings. The maximum atomic E-state index is 13.1. The van der Waals surface area contributed by atoms with Crippen LogP contribution in [0.1, 0.15) is 0 Å². The molecule has 1 N–H and O–H groups in total. The first-order chi connectivity index (χ1) is 12.9. The maximum absolute atomic E-state index is 13.1. The molecule has 0 bridgehead atoms. The number of hydrazine groups is 1. The first kappa shape index (κ1) is 19.4. The average Bonchev–Trinajstić information content (AvgIpc) is 3.27. The van der Waals surface area contributed by atoms with Gasteiger partial charge in [0.05, 0.1) is 39.8 Å². The molecule has 2 fully saturated rings. The van der Waals surface area contributed by atoms with Crippen LogP contribution in [0.5, 0.6) is 0 Å². The van der Waals surface area contributed by atoms with E-state index in [1.165, 1.54) is 46.7 Å². The van der Waals surface area contributed by atoms with Crippen molar-refractivity contribution >= 4 is 69.5 Å². The van der Waals surface area contributed by atoms with Crippen molar-refractivity contribution in [1.29, 1.82) is 0 Å². The second kappa shape index (κ2) is 6.87. The fourth-order valence-electron chi connectivity index (χ4n) is 3.55. The summed E-state index contributed by atoms with van der Waals surface area (Å²) in [7, 11) is 1.54. The van der Waals surface area contributed by atoms with E-state index in [0.29, 0.717) is 13.4 Å². The normalized spacial score (nSPS) is 32.3. The summed E-state index contributed by atoms with van der Waals surface area (Å²) in [5, 5.41) is 10.7. The maximum Gasteiger partial charge on any atom is 0.259 e. The monoisotopic (exact) mass is 522 g/mol. The van der Waals surface area contributed by atoms with Crippen molar-refractivity contribution in [2.45, 2.75) is 10.5 Å². The van der Waals surface area contributed by atoms with Crippen LogP contribution in [0.15, 0.2) is 19.5 Å². The molecule has 2 aliphatic carbocycles. The quantitative estimate of drug-likeness (QED) is 0.235. The van der Waals surface area contributed by atoms with Gasteiger partial charge in [-0.1, -0.05) is 0 Å². The lowest BCUT2D eigenvalue weighted by atomic mass is 10.1. The number of aliphatic hydroxyl groups excluding tert-OH is 1. The van der Waals surface area contributed by atoms with Gasteiger partial charge in [-0.3, -0.25) is 24.2 Å². The Morgan fingerprint density at radius 3 is 2.48 bits per heavy atom. The van der Waals surface area contributed by atoms with E-state index < -0.39 is 5.41 Å². The van der Waals surface area contributed by atoms with Crippen LogP contribution in [0.2, 0.25) is 0 Å². The van der Waals surface area contributed by atoms with Crippen LogP contribution >= 0.6 is 46.1 Å². The lowest BCUT2D eigenvalue weighted by Gasteiger charge is -2.23. The minimum absolute atomic E-state index is 0.115. The molecular weight excluding hydrogens is 507 g/mol. The Labute approximate surface area is 176 Å². The minimum atomic E-state index is -1.23. The second-order valence-electron chi connectivity index (χ2n) is 6.38. The van der Waals surface area contributed by atoms with Crippen LogP contribution in [0.3, 0.4) is 0 Å². The number of halogens is 1. The lowest BCUT2D eigenvalue weighted by molar-refractivity contribution is -0.145. The number of fused-ring (bicyclic) bond motifs is 3. The van der Waals surface area contributed by atoms with Gasteiger partial charge in [-0.05, 0) is 22.6 Å². The summed E-state index contributed by atoms with van der Waals surface area (Å²) in [4.78, 5) is 51.5. The van der Waals surface area contributed by atoms with Crippen LogP contribution in [-0.2, 0) is 23.9 Å². The smallest absolute Gasteiger partial charge is 0.259 e. The highest BCUT2D eigenvalue weighted by atomic mass is 127. The number of aliphatic hydroxyl groups is 1. The number of ether oxygens (including phenoxy) is 1. The molecule has 11 heteroatoms. The van der Waals surface area contributed by atoms with Gasteiger partial charge in [-0.25, -0.2) is 5.01 Å². The topological polar surface area (TPSA) is 104 Å². The van der Waals surface area contributed by atoms with E-state index in [0.717, 1.165) is 0 Å². The minimum Gasteiger partial charge on any atom is -0.394 e. The molecule has 2 aliphatic heterocycles. The molecule has 1 saturated carbocycles. The molecule has 0 aromatic heterocycles. The van der Waals surface area contributed by atoms with Crippen molar-refractivity contribution in [2.75, 3.05) is 33.4 Å². The standard InChI is InChI=1S/C16H15IN2O6S2/c1-18-14(23)16(15(24)19(18)2-4-25-5-3-20)12-13(16)27-11-9(22)7(17)6-8(21)10(11)26-12/h6,12-13,20H,2-5H2,1H3. The van der Waals surface area contributed by atoms with Gasteiger partial charge in [0.15, 0.2) is 11.2 Å². The van der Waals surface area contributed by atoms with Crippen LogP contribution in [-0.4, -0.2) is 82.4 Å². The SMILES string of the molecule is CN1C(=O)C2(C(=O)N1CCOCCO)C1SC3=C(SC12)C(=O)C(I)=CC3=O. The molecule has 8 nitrogen and oxygen atoms in total. The number of Topliss-reactive ketones (excluding diaryl/α,β-unsaturated/α-hetero) is 1. The lowest BCUT2D eigenvalue weighted by Crippen LogP contribution is -2.40. The molecule has 3 atom stereocenters. The van der Waals surface area contributed by atoms with Crippen molar-refractivity contribution in [3.8, 4) is 0 Å². The Morgan fingerprint density at radius 1 is 1.15 bits per heavy atom. The van der Waals surface area contributed by atoms with Crippen molar-refractivity contribution in [3.05, 3.63) is 19.5 Å². The van der Waals surface area contributed by atoms with E-state index in [4.69, 9.17) is 9.84 Å². The Kier molecular flexibility index (Phi) is 4.94. The van der Waals surface area contributed by atoms with E-state index in [-0.39, 0.29) is 60.2 Å². The first-order valence-electron chi connectivity index (χ1n) is 8.18. The first-order valence-corrected chi connectivity index (χ1v) is 11.0. The van der Waals surface area contributed by atoms with E-state index in [1.54, 1.807) is 0 Å². The number of carbonyl (C=O) groups excluding carboxylic acids is 4. The van der Waals surface area contributed by atoms with Gasteiger partial charge in [0.25, 0.3) is 11.8 Å².